The monoisotopic (exact) mass is 274 g/mol. The third-order valence-corrected chi connectivity index (χ3v) is 3.92. The molecule has 0 fully saturated rings. The Morgan fingerprint density at radius 3 is 2.89 bits per heavy atom. The molecule has 0 radical (unpaired) electrons. The molecule has 1 aliphatic heterocycles. The minimum Gasteiger partial charge on any atom is -0.492 e. The van der Waals surface area contributed by atoms with Crippen LogP contribution in [0.2, 0.25) is 5.15 Å². The minimum atomic E-state index is 0.0830. The summed E-state index contributed by atoms with van der Waals surface area (Å²) in [5, 5.41) is 0.547. The minimum absolute atomic E-state index is 0.0830. The lowest BCUT2D eigenvalue weighted by molar-refractivity contribution is 0.339. The van der Waals surface area contributed by atoms with Gasteiger partial charge in [-0.3, -0.25) is 0 Å². The molecule has 0 amide bonds. The Morgan fingerprint density at radius 2 is 2.11 bits per heavy atom. The fourth-order valence-corrected chi connectivity index (χ4v) is 2.62. The predicted octanol–water partition coefficient (Wildman–Crippen LogP) is 3.53. The highest BCUT2D eigenvalue weighted by Gasteiger charge is 2.28. The first-order chi connectivity index (χ1) is 9.20. The van der Waals surface area contributed by atoms with Gasteiger partial charge < -0.3 is 4.74 Å². The molecule has 1 atom stereocenters. The highest BCUT2D eigenvalue weighted by Crippen LogP contribution is 2.37. The van der Waals surface area contributed by atoms with E-state index in [0.717, 1.165) is 34.8 Å². The van der Waals surface area contributed by atoms with E-state index in [9.17, 15) is 0 Å². The predicted molar refractivity (Wildman–Crippen MR) is 74.9 cm³/mol. The molecule has 3 rings (SSSR count). The van der Waals surface area contributed by atoms with E-state index in [2.05, 4.69) is 23.0 Å². The van der Waals surface area contributed by atoms with Gasteiger partial charge in [0.05, 0.1) is 5.92 Å². The van der Waals surface area contributed by atoms with E-state index < -0.39 is 0 Å². The van der Waals surface area contributed by atoms with E-state index in [0.29, 0.717) is 11.8 Å². The first-order valence-electron chi connectivity index (χ1n) is 6.45. The quantitative estimate of drug-likeness (QED) is 0.786. The van der Waals surface area contributed by atoms with Crippen molar-refractivity contribution in [3.63, 3.8) is 0 Å². The smallest absolute Gasteiger partial charge is 0.141 e. The Morgan fingerprint density at radius 1 is 1.32 bits per heavy atom. The van der Waals surface area contributed by atoms with Gasteiger partial charge in [0.25, 0.3) is 0 Å². The normalized spacial score (nSPS) is 17.1. The van der Waals surface area contributed by atoms with Crippen molar-refractivity contribution in [1.29, 1.82) is 0 Å². The largest absolute Gasteiger partial charge is 0.492 e. The van der Waals surface area contributed by atoms with Gasteiger partial charge in [-0.05, 0) is 19.4 Å². The summed E-state index contributed by atoms with van der Waals surface area (Å²) in [6.45, 7) is 4.63. The van der Waals surface area contributed by atoms with Gasteiger partial charge in [-0.15, -0.1) is 0 Å². The van der Waals surface area contributed by atoms with Crippen molar-refractivity contribution >= 4 is 11.6 Å². The van der Waals surface area contributed by atoms with Crippen molar-refractivity contribution in [2.24, 2.45) is 0 Å². The lowest BCUT2D eigenvalue weighted by Crippen LogP contribution is -2.10. The van der Waals surface area contributed by atoms with Crippen molar-refractivity contribution in [1.82, 2.24) is 9.97 Å². The maximum Gasteiger partial charge on any atom is 0.141 e. The van der Waals surface area contributed by atoms with Gasteiger partial charge in [0, 0.05) is 16.8 Å². The third-order valence-electron chi connectivity index (χ3n) is 3.55. The lowest BCUT2D eigenvalue weighted by atomic mass is 10.0. The number of fused-ring (bicyclic) bond motifs is 1. The molecule has 0 saturated carbocycles. The van der Waals surface area contributed by atoms with E-state index in [1.807, 2.05) is 25.1 Å². The Labute approximate surface area is 117 Å². The standard InChI is InChI=1S/C15H15ClN2O/c1-3-12-9(2)14(16)18-15(17-12)11-8-19-13-7-5-4-6-10(11)13/h4-7,11H,3,8H2,1-2H3. The van der Waals surface area contributed by atoms with E-state index in [1.165, 1.54) is 0 Å². The van der Waals surface area contributed by atoms with Crippen LogP contribution in [0, 0.1) is 6.92 Å². The topological polar surface area (TPSA) is 35.0 Å². The van der Waals surface area contributed by atoms with E-state index in [4.69, 9.17) is 16.3 Å². The maximum absolute atomic E-state index is 6.21. The van der Waals surface area contributed by atoms with Crippen molar-refractivity contribution in [2.45, 2.75) is 26.2 Å². The molecular weight excluding hydrogens is 260 g/mol. The number of nitrogens with zero attached hydrogens (tertiary/aromatic N) is 2. The molecular formula is C15H15ClN2O. The molecule has 0 aliphatic carbocycles. The molecule has 0 bridgehead atoms. The molecule has 1 aliphatic rings. The SMILES string of the molecule is CCc1nc(C2COc3ccccc32)nc(Cl)c1C. The van der Waals surface area contributed by atoms with Gasteiger partial charge in [0.1, 0.15) is 23.3 Å². The Hall–Kier alpha value is -1.61. The zero-order valence-corrected chi connectivity index (χ0v) is 11.7. The van der Waals surface area contributed by atoms with Crippen LogP contribution in [0.1, 0.15) is 35.5 Å². The second-order valence-electron chi connectivity index (χ2n) is 4.70. The van der Waals surface area contributed by atoms with Crippen molar-refractivity contribution in [3.05, 3.63) is 52.1 Å². The maximum atomic E-state index is 6.21. The Bertz CT molecular complexity index is 628. The summed E-state index contributed by atoms with van der Waals surface area (Å²) in [7, 11) is 0. The van der Waals surface area contributed by atoms with Gasteiger partial charge in [-0.2, -0.15) is 0 Å². The summed E-state index contributed by atoms with van der Waals surface area (Å²) >= 11 is 6.21. The summed E-state index contributed by atoms with van der Waals surface area (Å²) in [5.41, 5.74) is 3.13. The zero-order valence-electron chi connectivity index (χ0n) is 11.0. The number of para-hydroxylation sites is 1. The first-order valence-corrected chi connectivity index (χ1v) is 6.83. The van der Waals surface area contributed by atoms with Crippen LogP contribution in [0.15, 0.2) is 24.3 Å². The van der Waals surface area contributed by atoms with Crippen LogP contribution in [0.25, 0.3) is 0 Å². The molecule has 98 valence electrons. The van der Waals surface area contributed by atoms with Gasteiger partial charge in [0.15, 0.2) is 0 Å². The summed E-state index contributed by atoms with van der Waals surface area (Å²) in [6.07, 6.45) is 0.857. The Balaban J connectivity index is 2.07. The number of rotatable bonds is 2. The molecule has 2 heterocycles. The van der Waals surface area contributed by atoms with Crippen LogP contribution < -0.4 is 4.74 Å². The van der Waals surface area contributed by atoms with Crippen LogP contribution in [0.4, 0.5) is 0 Å². The highest BCUT2D eigenvalue weighted by molar-refractivity contribution is 6.30. The second kappa shape index (κ2) is 4.82. The molecule has 1 aromatic heterocycles. The summed E-state index contributed by atoms with van der Waals surface area (Å²) < 4.78 is 5.69. The molecule has 3 nitrogen and oxygen atoms in total. The second-order valence-corrected chi connectivity index (χ2v) is 5.06. The van der Waals surface area contributed by atoms with Crippen molar-refractivity contribution < 1.29 is 4.74 Å². The van der Waals surface area contributed by atoms with Crippen molar-refractivity contribution in [2.75, 3.05) is 6.61 Å². The average molecular weight is 275 g/mol. The van der Waals surface area contributed by atoms with Gasteiger partial charge in [-0.25, -0.2) is 9.97 Å². The summed E-state index contributed by atoms with van der Waals surface area (Å²) in [6, 6.07) is 8.03. The molecule has 1 aromatic carbocycles. The molecule has 0 saturated heterocycles. The Kier molecular flexibility index (Phi) is 3.15. The van der Waals surface area contributed by atoms with Gasteiger partial charge in [0.2, 0.25) is 0 Å². The van der Waals surface area contributed by atoms with Crippen LogP contribution in [0.3, 0.4) is 0 Å². The average Bonchev–Trinajstić information content (AvgIpc) is 2.85. The first kappa shape index (κ1) is 12.4. The molecule has 0 spiro atoms. The molecule has 1 unspecified atom stereocenters. The summed E-state index contributed by atoms with van der Waals surface area (Å²) in [4.78, 5) is 9.09. The molecule has 2 aromatic rings. The third kappa shape index (κ3) is 2.08. The van der Waals surface area contributed by atoms with Crippen LogP contribution in [-0.2, 0) is 6.42 Å². The van der Waals surface area contributed by atoms with Crippen LogP contribution in [-0.4, -0.2) is 16.6 Å². The molecule has 0 N–H and O–H groups in total. The number of ether oxygens (including phenoxy) is 1. The fraction of sp³-hybridized carbons (Fsp3) is 0.333. The highest BCUT2D eigenvalue weighted by atomic mass is 35.5. The van der Waals surface area contributed by atoms with Crippen LogP contribution in [0.5, 0.6) is 5.75 Å². The number of hydrogen-bond donors (Lipinski definition) is 0. The summed E-state index contributed by atoms with van der Waals surface area (Å²) in [5.74, 6) is 1.77. The number of hydrogen-bond acceptors (Lipinski definition) is 3. The van der Waals surface area contributed by atoms with Crippen LogP contribution >= 0.6 is 11.6 Å². The number of aromatic nitrogens is 2. The molecule has 4 heteroatoms. The van der Waals surface area contributed by atoms with E-state index in [-0.39, 0.29) is 5.92 Å². The lowest BCUT2D eigenvalue weighted by Gasteiger charge is -2.11. The number of aryl methyl sites for hydroxylation is 1. The van der Waals surface area contributed by atoms with E-state index in [1.54, 1.807) is 0 Å². The van der Waals surface area contributed by atoms with Gasteiger partial charge >= 0.3 is 0 Å². The van der Waals surface area contributed by atoms with Gasteiger partial charge in [-0.1, -0.05) is 36.7 Å². The zero-order chi connectivity index (χ0) is 13.4. The number of benzene rings is 1. The number of halogens is 1. The fourth-order valence-electron chi connectivity index (χ4n) is 2.43. The van der Waals surface area contributed by atoms with Crippen molar-refractivity contribution in [3.8, 4) is 5.75 Å². The molecule has 19 heavy (non-hydrogen) atoms. The van der Waals surface area contributed by atoms with E-state index >= 15 is 0 Å².